The molecule has 0 spiro atoms. The minimum absolute atomic E-state index is 0.151. The van der Waals surface area contributed by atoms with Gasteiger partial charge in [-0.3, -0.25) is 0 Å². The third-order valence-corrected chi connectivity index (χ3v) is 2.68. The Labute approximate surface area is 80.5 Å². The summed E-state index contributed by atoms with van der Waals surface area (Å²) in [6.07, 6.45) is 0. The van der Waals surface area contributed by atoms with Crippen LogP contribution in [0.2, 0.25) is 0 Å². The van der Waals surface area contributed by atoms with Gasteiger partial charge in [-0.15, -0.1) is 0 Å². The van der Waals surface area contributed by atoms with E-state index in [1.54, 1.807) is 6.92 Å². The van der Waals surface area contributed by atoms with Gasteiger partial charge < -0.3 is 5.32 Å². The van der Waals surface area contributed by atoms with Crippen molar-refractivity contribution >= 4 is 10.2 Å². The summed E-state index contributed by atoms with van der Waals surface area (Å²) in [5, 5.41) is 3.11. The Morgan fingerprint density at radius 2 is 1.77 bits per heavy atom. The van der Waals surface area contributed by atoms with Crippen LogP contribution in [0, 0.1) is 0 Å². The predicted molar refractivity (Wildman–Crippen MR) is 53.7 cm³/mol. The first-order valence-electron chi connectivity index (χ1n) is 4.49. The highest BCUT2D eigenvalue weighted by Gasteiger charge is 2.08. The van der Waals surface area contributed by atoms with Gasteiger partial charge in [0.05, 0.1) is 0 Å². The highest BCUT2D eigenvalue weighted by atomic mass is 32.2. The van der Waals surface area contributed by atoms with E-state index >= 15 is 0 Å². The molecule has 0 bridgehead atoms. The van der Waals surface area contributed by atoms with Crippen molar-refractivity contribution in [2.75, 3.05) is 19.6 Å². The fourth-order valence-corrected chi connectivity index (χ4v) is 1.85. The molecule has 6 heteroatoms. The number of nitrogens with one attached hydrogen (secondary N) is 3. The molecule has 0 aliphatic heterocycles. The average Bonchev–Trinajstić information content (AvgIpc) is 2.02. The van der Waals surface area contributed by atoms with E-state index < -0.39 is 10.2 Å². The summed E-state index contributed by atoms with van der Waals surface area (Å²) in [5.74, 6) is 0. The lowest BCUT2D eigenvalue weighted by Gasteiger charge is -2.13. The molecule has 0 unspecified atom stereocenters. The van der Waals surface area contributed by atoms with Gasteiger partial charge in [0.1, 0.15) is 0 Å². The molecule has 0 rings (SSSR count). The lowest BCUT2D eigenvalue weighted by Crippen LogP contribution is -2.43. The van der Waals surface area contributed by atoms with E-state index in [1.165, 1.54) is 0 Å². The molecule has 0 aromatic carbocycles. The summed E-state index contributed by atoms with van der Waals surface area (Å²) in [6.45, 7) is 7.30. The van der Waals surface area contributed by atoms with Crippen LogP contribution in [0.25, 0.3) is 0 Å². The minimum atomic E-state index is -3.29. The Kier molecular flexibility index (Phi) is 6.23. The van der Waals surface area contributed by atoms with E-state index in [1.807, 2.05) is 13.8 Å². The van der Waals surface area contributed by atoms with Gasteiger partial charge in [0.25, 0.3) is 10.2 Å². The van der Waals surface area contributed by atoms with Crippen LogP contribution < -0.4 is 14.8 Å². The summed E-state index contributed by atoms with van der Waals surface area (Å²) in [4.78, 5) is 0. The minimum Gasteiger partial charge on any atom is -0.313 e. The zero-order valence-electron chi connectivity index (χ0n) is 8.42. The van der Waals surface area contributed by atoms with Crippen LogP contribution >= 0.6 is 0 Å². The smallest absolute Gasteiger partial charge is 0.276 e. The van der Waals surface area contributed by atoms with Gasteiger partial charge in [0.2, 0.25) is 0 Å². The summed E-state index contributed by atoms with van der Waals surface area (Å²) < 4.78 is 27.0. The molecule has 5 nitrogen and oxygen atoms in total. The van der Waals surface area contributed by atoms with Crippen molar-refractivity contribution in [2.45, 2.75) is 26.8 Å². The second kappa shape index (κ2) is 6.31. The fraction of sp³-hybridized carbons (Fsp3) is 1.00. The lowest BCUT2D eigenvalue weighted by atomic mass is 10.3. The highest BCUT2D eigenvalue weighted by molar-refractivity contribution is 7.87. The van der Waals surface area contributed by atoms with Crippen LogP contribution in [0.4, 0.5) is 0 Å². The molecule has 13 heavy (non-hydrogen) atoms. The quantitative estimate of drug-likeness (QED) is 0.526. The Hall–Kier alpha value is -0.170. The first kappa shape index (κ1) is 12.8. The van der Waals surface area contributed by atoms with Crippen molar-refractivity contribution < 1.29 is 8.42 Å². The lowest BCUT2D eigenvalue weighted by molar-refractivity contribution is 0.530. The van der Waals surface area contributed by atoms with Crippen molar-refractivity contribution in [3.8, 4) is 0 Å². The fourth-order valence-electron chi connectivity index (χ4n) is 0.896. The van der Waals surface area contributed by atoms with Crippen molar-refractivity contribution in [2.24, 2.45) is 0 Å². The van der Waals surface area contributed by atoms with E-state index in [4.69, 9.17) is 0 Å². The van der Waals surface area contributed by atoms with Crippen LogP contribution in [-0.2, 0) is 10.2 Å². The van der Waals surface area contributed by atoms with Gasteiger partial charge in [0.15, 0.2) is 0 Å². The summed E-state index contributed by atoms with van der Waals surface area (Å²) in [5.41, 5.74) is 0. The van der Waals surface area contributed by atoms with E-state index in [0.29, 0.717) is 13.1 Å². The summed E-state index contributed by atoms with van der Waals surface area (Å²) in [7, 11) is -3.29. The maximum atomic E-state index is 11.1. The number of hydrogen-bond acceptors (Lipinski definition) is 3. The molecule has 0 aliphatic carbocycles. The summed E-state index contributed by atoms with van der Waals surface area (Å²) >= 11 is 0. The van der Waals surface area contributed by atoms with Gasteiger partial charge in [-0.1, -0.05) is 13.8 Å². The second-order valence-corrected chi connectivity index (χ2v) is 4.39. The molecule has 0 aliphatic rings. The Morgan fingerprint density at radius 3 is 2.23 bits per heavy atom. The Balaban J connectivity index is 3.74. The maximum absolute atomic E-state index is 11.1. The topological polar surface area (TPSA) is 70.2 Å². The van der Waals surface area contributed by atoms with Crippen molar-refractivity contribution in [3.05, 3.63) is 0 Å². The molecule has 0 amide bonds. The van der Waals surface area contributed by atoms with E-state index in [9.17, 15) is 8.42 Å². The normalized spacial score (nSPS) is 14.4. The average molecular weight is 209 g/mol. The number of hydrogen-bond donors (Lipinski definition) is 3. The standard InChI is InChI=1S/C7H19N3O2S/c1-4-8-7(3)6-10-13(11,12)9-5-2/h7-10H,4-6H2,1-3H3/t7-/m1/s1. The maximum Gasteiger partial charge on any atom is 0.276 e. The number of rotatable bonds is 7. The van der Waals surface area contributed by atoms with Crippen molar-refractivity contribution in [1.29, 1.82) is 0 Å². The molecule has 0 saturated heterocycles. The molecule has 80 valence electrons. The first-order valence-corrected chi connectivity index (χ1v) is 5.97. The molecule has 1 atom stereocenters. The van der Waals surface area contributed by atoms with E-state index in [2.05, 4.69) is 14.8 Å². The third-order valence-electron chi connectivity index (χ3n) is 1.47. The van der Waals surface area contributed by atoms with Crippen molar-refractivity contribution in [3.63, 3.8) is 0 Å². The first-order chi connectivity index (χ1) is 6.02. The Bertz CT molecular complexity index is 216. The largest absolute Gasteiger partial charge is 0.313 e. The van der Waals surface area contributed by atoms with Gasteiger partial charge >= 0.3 is 0 Å². The second-order valence-electron chi connectivity index (χ2n) is 2.81. The zero-order valence-corrected chi connectivity index (χ0v) is 9.24. The Morgan fingerprint density at radius 1 is 1.15 bits per heavy atom. The van der Waals surface area contributed by atoms with Gasteiger partial charge in [-0.05, 0) is 13.5 Å². The molecule has 3 N–H and O–H groups in total. The zero-order chi connectivity index (χ0) is 10.3. The highest BCUT2D eigenvalue weighted by Crippen LogP contribution is 1.81. The van der Waals surface area contributed by atoms with Crippen LogP contribution in [0.15, 0.2) is 0 Å². The molecular formula is C7H19N3O2S. The molecule has 0 aromatic heterocycles. The molecule has 0 fully saturated rings. The molecule has 0 radical (unpaired) electrons. The van der Waals surface area contributed by atoms with Gasteiger partial charge in [0, 0.05) is 19.1 Å². The van der Waals surface area contributed by atoms with Crippen LogP contribution in [-0.4, -0.2) is 34.1 Å². The van der Waals surface area contributed by atoms with Crippen LogP contribution in [0.5, 0.6) is 0 Å². The van der Waals surface area contributed by atoms with Gasteiger partial charge in [-0.2, -0.15) is 8.42 Å². The van der Waals surface area contributed by atoms with Crippen LogP contribution in [0.3, 0.4) is 0 Å². The van der Waals surface area contributed by atoms with E-state index in [-0.39, 0.29) is 6.04 Å². The molecule has 0 saturated carbocycles. The SMILES string of the molecule is CCN[C@H](C)CNS(=O)(=O)NCC. The number of likely N-dealkylation sites (N-methyl/N-ethyl adjacent to an activating group) is 1. The predicted octanol–water partition coefficient (Wildman–Crippen LogP) is -0.572. The molecule has 0 heterocycles. The molecule has 0 aromatic rings. The van der Waals surface area contributed by atoms with E-state index in [0.717, 1.165) is 6.54 Å². The van der Waals surface area contributed by atoms with Gasteiger partial charge in [-0.25, -0.2) is 9.44 Å². The van der Waals surface area contributed by atoms with Crippen LogP contribution in [0.1, 0.15) is 20.8 Å². The molecular weight excluding hydrogens is 190 g/mol. The monoisotopic (exact) mass is 209 g/mol. The van der Waals surface area contributed by atoms with Crippen molar-refractivity contribution in [1.82, 2.24) is 14.8 Å². The summed E-state index contributed by atoms with van der Waals surface area (Å²) in [6, 6.07) is 0.151. The third kappa shape index (κ3) is 6.94.